The molecule has 4 saturated carbocycles. The average Bonchev–Trinajstić information content (AvgIpc) is 3.05. The minimum atomic E-state index is -0.568. The van der Waals surface area contributed by atoms with Crippen LogP contribution in [0, 0.1) is 29.6 Å². The van der Waals surface area contributed by atoms with Gasteiger partial charge in [0.25, 0.3) is 0 Å². The van der Waals surface area contributed by atoms with Crippen molar-refractivity contribution in [3.8, 4) is 0 Å². The summed E-state index contributed by atoms with van der Waals surface area (Å²) in [5.74, 6) is 1.78. The Kier molecular flexibility index (Phi) is 5.14. The highest BCUT2D eigenvalue weighted by molar-refractivity contribution is 7.13. The molecule has 9 heteroatoms. The van der Waals surface area contributed by atoms with E-state index in [9.17, 15) is 14.4 Å². The van der Waals surface area contributed by atoms with Crippen molar-refractivity contribution in [3.63, 3.8) is 0 Å². The van der Waals surface area contributed by atoms with E-state index >= 15 is 0 Å². The molecule has 27 heavy (non-hydrogen) atoms. The normalized spacial score (nSPS) is 30.8. The summed E-state index contributed by atoms with van der Waals surface area (Å²) in [6.07, 6.45) is 5.95. The highest BCUT2D eigenvalue weighted by Gasteiger charge is 2.50. The minimum Gasteiger partial charge on any atom is -0.347 e. The molecule has 0 unspecified atom stereocenters. The Bertz CT molecular complexity index is 721. The number of amides is 3. The largest absolute Gasteiger partial charge is 0.347 e. The van der Waals surface area contributed by atoms with Crippen LogP contribution in [0.25, 0.3) is 0 Å². The predicted octanol–water partition coefficient (Wildman–Crippen LogP) is 1.32. The van der Waals surface area contributed by atoms with Crippen molar-refractivity contribution in [1.82, 2.24) is 15.8 Å². The highest BCUT2D eigenvalue weighted by atomic mass is 32.1. The second-order valence-corrected chi connectivity index (χ2v) is 8.94. The summed E-state index contributed by atoms with van der Waals surface area (Å²) in [4.78, 5) is 40.0. The second-order valence-electron chi connectivity index (χ2n) is 8.08. The Morgan fingerprint density at radius 3 is 2.37 bits per heavy atom. The van der Waals surface area contributed by atoms with Crippen LogP contribution in [0.1, 0.15) is 37.8 Å². The van der Waals surface area contributed by atoms with Gasteiger partial charge in [0, 0.05) is 11.3 Å². The van der Waals surface area contributed by atoms with Crippen LogP contribution in [-0.4, -0.2) is 34.5 Å². The van der Waals surface area contributed by atoms with E-state index in [2.05, 4.69) is 15.6 Å². The van der Waals surface area contributed by atoms with Gasteiger partial charge in [-0.3, -0.25) is 19.6 Å². The first-order valence-corrected chi connectivity index (χ1v) is 10.3. The van der Waals surface area contributed by atoms with Crippen molar-refractivity contribution in [3.05, 3.63) is 11.1 Å². The van der Waals surface area contributed by atoms with E-state index in [0.29, 0.717) is 22.7 Å². The molecule has 0 aliphatic heterocycles. The zero-order chi connectivity index (χ0) is 19.0. The topological polar surface area (TPSA) is 120 Å². The monoisotopic (exact) mass is 392 g/mol. The predicted molar refractivity (Wildman–Crippen MR) is 97.9 cm³/mol. The summed E-state index contributed by atoms with van der Waals surface area (Å²) >= 11 is 1.19. The zero-order valence-electron chi connectivity index (χ0n) is 14.9. The molecule has 4 fully saturated rings. The van der Waals surface area contributed by atoms with Crippen LogP contribution in [0.15, 0.2) is 5.38 Å². The lowest BCUT2D eigenvalue weighted by atomic mass is 9.51. The molecule has 5 rings (SSSR count). The fraction of sp³-hybridized carbons (Fsp3) is 0.667. The highest BCUT2D eigenvalue weighted by Crippen LogP contribution is 2.56. The van der Waals surface area contributed by atoms with E-state index in [1.165, 1.54) is 43.4 Å². The van der Waals surface area contributed by atoms with E-state index < -0.39 is 5.91 Å². The Hall–Kier alpha value is -2.00. The summed E-state index contributed by atoms with van der Waals surface area (Å²) in [5.41, 5.74) is 2.00. The minimum absolute atomic E-state index is 0.0124. The Morgan fingerprint density at radius 2 is 1.74 bits per heavy atom. The van der Waals surface area contributed by atoms with E-state index in [4.69, 9.17) is 5.21 Å². The first-order valence-electron chi connectivity index (χ1n) is 9.46. The van der Waals surface area contributed by atoms with Crippen LogP contribution < -0.4 is 16.1 Å². The molecular formula is C18H24N4O4S. The van der Waals surface area contributed by atoms with Crippen molar-refractivity contribution in [2.45, 2.75) is 38.5 Å². The number of carbonyl (C=O) groups excluding carboxylic acids is 3. The van der Waals surface area contributed by atoms with Gasteiger partial charge in [0.2, 0.25) is 17.7 Å². The van der Waals surface area contributed by atoms with Gasteiger partial charge in [-0.25, -0.2) is 10.5 Å². The number of anilines is 1. The molecule has 4 aliphatic carbocycles. The van der Waals surface area contributed by atoms with Crippen molar-refractivity contribution in [2.24, 2.45) is 29.6 Å². The van der Waals surface area contributed by atoms with Crippen molar-refractivity contribution in [1.29, 1.82) is 0 Å². The first-order chi connectivity index (χ1) is 13.0. The molecular weight excluding hydrogens is 368 g/mol. The number of nitrogens with zero attached hydrogens (tertiary/aromatic N) is 1. The van der Waals surface area contributed by atoms with Crippen molar-refractivity contribution in [2.75, 3.05) is 11.9 Å². The van der Waals surface area contributed by atoms with E-state index in [-0.39, 0.29) is 30.7 Å². The maximum atomic E-state index is 12.7. The van der Waals surface area contributed by atoms with Gasteiger partial charge in [-0.2, -0.15) is 0 Å². The lowest BCUT2D eigenvalue weighted by Crippen LogP contribution is -2.51. The number of hydrogen-bond donors (Lipinski definition) is 4. The molecule has 0 atom stereocenters. The molecule has 3 amide bonds. The molecule has 1 heterocycles. The number of hydroxylamine groups is 1. The molecule has 0 aromatic carbocycles. The summed E-state index contributed by atoms with van der Waals surface area (Å²) in [5, 5.41) is 16.0. The average molecular weight is 392 g/mol. The number of nitrogens with one attached hydrogen (secondary N) is 3. The van der Waals surface area contributed by atoms with Crippen LogP contribution in [0.5, 0.6) is 0 Å². The Labute approximate surface area is 161 Å². The van der Waals surface area contributed by atoms with Crippen molar-refractivity contribution >= 4 is 34.2 Å². The summed E-state index contributed by atoms with van der Waals surface area (Å²) in [6, 6.07) is 0. The summed E-state index contributed by atoms with van der Waals surface area (Å²) in [6.45, 7) is -0.0757. The third-order valence-electron chi connectivity index (χ3n) is 6.22. The Balaban J connectivity index is 1.26. The lowest BCUT2D eigenvalue weighted by molar-refractivity contribution is -0.139. The van der Waals surface area contributed by atoms with Gasteiger partial charge in [-0.1, -0.05) is 0 Å². The molecule has 1 aromatic rings. The van der Waals surface area contributed by atoms with E-state index in [1.807, 2.05) is 0 Å². The lowest BCUT2D eigenvalue weighted by Gasteiger charge is -2.53. The maximum Gasteiger partial charge on any atom is 0.249 e. The molecule has 146 valence electrons. The standard InChI is InChI=1S/C18H24N4O4S/c23-14(22-26)6-13-8-27-18(20-13)21-15(24)7-19-17(25)16-11-2-9-1-10(4-11)5-12(16)3-9/h8-12,16,26H,1-7H2,(H,19,25)(H,22,23)(H,20,21,24). The summed E-state index contributed by atoms with van der Waals surface area (Å²) < 4.78 is 0. The fourth-order valence-corrected chi connectivity index (χ4v) is 6.18. The van der Waals surface area contributed by atoms with Gasteiger partial charge in [0.15, 0.2) is 5.13 Å². The second kappa shape index (κ2) is 7.55. The number of aromatic nitrogens is 1. The smallest absolute Gasteiger partial charge is 0.249 e. The van der Waals surface area contributed by atoms with Crippen LogP contribution in [0.3, 0.4) is 0 Å². The third-order valence-corrected chi connectivity index (χ3v) is 7.02. The van der Waals surface area contributed by atoms with Gasteiger partial charge in [0.1, 0.15) is 0 Å². The number of hydrogen-bond acceptors (Lipinski definition) is 6. The van der Waals surface area contributed by atoms with Crippen LogP contribution in [0.2, 0.25) is 0 Å². The number of thiazole rings is 1. The fourth-order valence-electron chi connectivity index (χ4n) is 5.45. The molecule has 4 N–H and O–H groups in total. The van der Waals surface area contributed by atoms with Gasteiger partial charge in [-0.15, -0.1) is 11.3 Å². The molecule has 8 nitrogen and oxygen atoms in total. The molecule has 1 aromatic heterocycles. The molecule has 0 saturated heterocycles. The van der Waals surface area contributed by atoms with Gasteiger partial charge < -0.3 is 10.6 Å². The zero-order valence-corrected chi connectivity index (χ0v) is 15.8. The van der Waals surface area contributed by atoms with Gasteiger partial charge in [-0.05, 0) is 55.8 Å². The van der Waals surface area contributed by atoms with Crippen LogP contribution >= 0.6 is 11.3 Å². The van der Waals surface area contributed by atoms with Crippen LogP contribution in [-0.2, 0) is 20.8 Å². The molecule has 4 bridgehead atoms. The number of rotatable bonds is 6. The molecule has 4 aliphatic rings. The van der Waals surface area contributed by atoms with Gasteiger partial charge in [0.05, 0.1) is 18.7 Å². The summed E-state index contributed by atoms with van der Waals surface area (Å²) in [7, 11) is 0. The number of carbonyl (C=O) groups is 3. The maximum absolute atomic E-state index is 12.7. The first kappa shape index (κ1) is 18.4. The SMILES string of the molecule is O=C(Cc1csc(NC(=O)CNC(=O)C2C3CC4CC(C3)CC2C4)n1)NO. The van der Waals surface area contributed by atoms with Crippen LogP contribution in [0.4, 0.5) is 5.13 Å². The van der Waals surface area contributed by atoms with Crippen molar-refractivity contribution < 1.29 is 19.6 Å². The molecule has 0 radical (unpaired) electrons. The van der Waals surface area contributed by atoms with Gasteiger partial charge >= 0.3 is 0 Å². The molecule has 0 spiro atoms. The van der Waals surface area contributed by atoms with E-state index in [1.54, 1.807) is 10.9 Å². The third kappa shape index (κ3) is 3.98. The van der Waals surface area contributed by atoms with E-state index in [0.717, 1.165) is 11.8 Å². The quantitative estimate of drug-likeness (QED) is 0.430. The Morgan fingerprint density at radius 1 is 1.07 bits per heavy atom.